The summed E-state index contributed by atoms with van der Waals surface area (Å²) in [6, 6.07) is 24.4. The van der Waals surface area contributed by atoms with E-state index in [4.69, 9.17) is 4.74 Å². The number of hydrogen-bond acceptors (Lipinski definition) is 4. The van der Waals surface area contributed by atoms with Crippen molar-refractivity contribution in [1.29, 1.82) is 0 Å². The molecule has 0 saturated carbocycles. The Labute approximate surface area is 183 Å². The van der Waals surface area contributed by atoms with Crippen molar-refractivity contribution in [2.75, 3.05) is 13.1 Å². The zero-order chi connectivity index (χ0) is 21.5. The number of rotatable bonds is 8. The number of aromatic nitrogens is 1. The van der Waals surface area contributed by atoms with Crippen LogP contribution in [0, 0.1) is 5.92 Å². The summed E-state index contributed by atoms with van der Waals surface area (Å²) in [6.45, 7) is 2.01. The highest BCUT2D eigenvalue weighted by molar-refractivity contribution is 5.70. The molecule has 2 aromatic carbocycles. The maximum atomic E-state index is 11.4. The molecule has 0 spiro atoms. The van der Waals surface area contributed by atoms with Gasteiger partial charge in [-0.1, -0.05) is 54.6 Å². The molecule has 1 fully saturated rings. The van der Waals surface area contributed by atoms with Gasteiger partial charge in [0.25, 0.3) is 0 Å². The fourth-order valence-electron chi connectivity index (χ4n) is 4.23. The van der Waals surface area contributed by atoms with Gasteiger partial charge in [-0.15, -0.1) is 0 Å². The van der Waals surface area contributed by atoms with Crippen LogP contribution >= 0.6 is 0 Å². The standard InChI is InChI=1S/C26H28N2O3/c29-26(30)21-13-16-28(17-14-21)24(18-22-10-6-7-15-27-22)23-11-4-5-12-25(23)31-19-20-8-2-1-3-9-20/h1-12,15,21,24H,13-14,16-19H2,(H,29,30). The summed E-state index contributed by atoms with van der Waals surface area (Å²) >= 11 is 0. The number of benzene rings is 2. The average Bonchev–Trinajstić information content (AvgIpc) is 2.83. The normalized spacial score (nSPS) is 16.0. The fraction of sp³-hybridized carbons (Fsp3) is 0.308. The molecule has 1 aliphatic heterocycles. The maximum Gasteiger partial charge on any atom is 0.306 e. The summed E-state index contributed by atoms with van der Waals surface area (Å²) in [6.07, 6.45) is 3.91. The van der Waals surface area contributed by atoms with E-state index in [-0.39, 0.29) is 12.0 Å². The molecule has 3 aromatic rings. The zero-order valence-electron chi connectivity index (χ0n) is 17.6. The number of para-hydroxylation sites is 1. The Morgan fingerprint density at radius 1 is 1.00 bits per heavy atom. The third-order valence-corrected chi connectivity index (χ3v) is 5.96. The summed E-state index contributed by atoms with van der Waals surface area (Å²) in [5, 5.41) is 9.39. The fourth-order valence-corrected chi connectivity index (χ4v) is 4.23. The molecule has 1 saturated heterocycles. The van der Waals surface area contributed by atoms with E-state index in [1.165, 1.54) is 0 Å². The first kappa shape index (κ1) is 21.1. The van der Waals surface area contributed by atoms with Crippen LogP contribution in [-0.2, 0) is 17.8 Å². The summed E-state index contributed by atoms with van der Waals surface area (Å²) in [5.74, 6) is -0.0727. The Morgan fingerprint density at radius 3 is 2.42 bits per heavy atom. The van der Waals surface area contributed by atoms with Gasteiger partial charge in [0.15, 0.2) is 0 Å². The summed E-state index contributed by atoms with van der Waals surface area (Å²) in [4.78, 5) is 18.3. The number of carbonyl (C=O) groups is 1. The van der Waals surface area contributed by atoms with Crippen LogP contribution in [0.15, 0.2) is 79.0 Å². The molecule has 1 aliphatic rings. The summed E-state index contributed by atoms with van der Waals surface area (Å²) < 4.78 is 6.25. The van der Waals surface area contributed by atoms with Crippen molar-refractivity contribution in [1.82, 2.24) is 9.88 Å². The number of aliphatic carboxylic acids is 1. The second kappa shape index (κ2) is 10.2. The Hall–Kier alpha value is -3.18. The highest BCUT2D eigenvalue weighted by atomic mass is 16.5. The molecule has 0 amide bonds. The number of hydrogen-bond donors (Lipinski definition) is 1. The lowest BCUT2D eigenvalue weighted by atomic mass is 9.92. The number of carboxylic acids is 1. The molecule has 160 valence electrons. The van der Waals surface area contributed by atoms with E-state index >= 15 is 0 Å². The Balaban J connectivity index is 1.58. The van der Waals surface area contributed by atoms with Crippen LogP contribution in [0.3, 0.4) is 0 Å². The van der Waals surface area contributed by atoms with Crippen molar-refractivity contribution in [3.05, 3.63) is 95.8 Å². The Bertz CT molecular complexity index is 970. The van der Waals surface area contributed by atoms with Gasteiger partial charge in [0, 0.05) is 29.9 Å². The van der Waals surface area contributed by atoms with Crippen molar-refractivity contribution in [3.8, 4) is 5.75 Å². The van der Waals surface area contributed by atoms with Crippen molar-refractivity contribution in [2.24, 2.45) is 5.92 Å². The van der Waals surface area contributed by atoms with E-state index in [1.807, 2.05) is 60.8 Å². The molecule has 1 N–H and O–H groups in total. The van der Waals surface area contributed by atoms with Gasteiger partial charge in [0.1, 0.15) is 12.4 Å². The van der Waals surface area contributed by atoms with Crippen molar-refractivity contribution in [2.45, 2.75) is 31.9 Å². The van der Waals surface area contributed by atoms with Gasteiger partial charge >= 0.3 is 5.97 Å². The first-order chi connectivity index (χ1) is 15.2. The third kappa shape index (κ3) is 5.50. The molecular formula is C26H28N2O3. The van der Waals surface area contributed by atoms with E-state index < -0.39 is 5.97 Å². The predicted octanol–water partition coefficient (Wildman–Crippen LogP) is 4.74. The molecular weight excluding hydrogens is 388 g/mol. The van der Waals surface area contributed by atoms with Gasteiger partial charge in [-0.05, 0) is 49.7 Å². The highest BCUT2D eigenvalue weighted by Crippen LogP contribution is 2.35. The molecule has 5 heteroatoms. The van der Waals surface area contributed by atoms with Gasteiger partial charge in [-0.25, -0.2) is 0 Å². The van der Waals surface area contributed by atoms with Crippen molar-refractivity contribution < 1.29 is 14.6 Å². The van der Waals surface area contributed by atoms with Gasteiger partial charge < -0.3 is 9.84 Å². The van der Waals surface area contributed by atoms with Crippen LogP contribution in [0.4, 0.5) is 0 Å². The van der Waals surface area contributed by atoms with E-state index in [2.05, 4.69) is 28.1 Å². The molecule has 0 radical (unpaired) electrons. The number of piperidine rings is 1. The second-order valence-corrected chi connectivity index (χ2v) is 8.00. The molecule has 1 atom stereocenters. The monoisotopic (exact) mass is 416 g/mol. The molecule has 1 unspecified atom stereocenters. The largest absolute Gasteiger partial charge is 0.489 e. The Kier molecular flexibility index (Phi) is 6.95. The van der Waals surface area contributed by atoms with Crippen LogP contribution in [0.2, 0.25) is 0 Å². The predicted molar refractivity (Wildman–Crippen MR) is 120 cm³/mol. The van der Waals surface area contributed by atoms with Crippen LogP contribution in [0.25, 0.3) is 0 Å². The van der Waals surface area contributed by atoms with E-state index in [9.17, 15) is 9.90 Å². The summed E-state index contributed by atoms with van der Waals surface area (Å²) in [5.41, 5.74) is 3.27. The molecule has 4 rings (SSSR count). The first-order valence-electron chi connectivity index (χ1n) is 10.8. The smallest absolute Gasteiger partial charge is 0.306 e. The lowest BCUT2D eigenvalue weighted by Gasteiger charge is -2.37. The number of carboxylic acid groups (broad SMARTS) is 1. The van der Waals surface area contributed by atoms with Crippen LogP contribution in [-0.4, -0.2) is 34.0 Å². The molecule has 5 nitrogen and oxygen atoms in total. The van der Waals surface area contributed by atoms with Crippen LogP contribution in [0.5, 0.6) is 5.75 Å². The lowest BCUT2D eigenvalue weighted by Crippen LogP contribution is -2.39. The number of pyridine rings is 1. The van der Waals surface area contributed by atoms with Crippen LogP contribution in [0.1, 0.15) is 35.7 Å². The quantitative estimate of drug-likeness (QED) is 0.575. The number of nitrogens with zero attached hydrogens (tertiary/aromatic N) is 2. The van der Waals surface area contributed by atoms with E-state index in [1.54, 1.807) is 0 Å². The highest BCUT2D eigenvalue weighted by Gasteiger charge is 2.31. The minimum Gasteiger partial charge on any atom is -0.489 e. The van der Waals surface area contributed by atoms with E-state index in [0.717, 1.165) is 42.1 Å². The van der Waals surface area contributed by atoms with Gasteiger partial charge in [0.2, 0.25) is 0 Å². The van der Waals surface area contributed by atoms with E-state index in [0.29, 0.717) is 19.4 Å². The van der Waals surface area contributed by atoms with Crippen molar-refractivity contribution >= 4 is 5.97 Å². The minimum atomic E-state index is -0.687. The number of ether oxygens (including phenoxy) is 1. The summed E-state index contributed by atoms with van der Waals surface area (Å²) in [7, 11) is 0. The molecule has 31 heavy (non-hydrogen) atoms. The van der Waals surface area contributed by atoms with Crippen LogP contribution < -0.4 is 4.74 Å². The van der Waals surface area contributed by atoms with Crippen molar-refractivity contribution in [3.63, 3.8) is 0 Å². The van der Waals surface area contributed by atoms with Gasteiger partial charge in [-0.3, -0.25) is 14.7 Å². The lowest BCUT2D eigenvalue weighted by molar-refractivity contribution is -0.143. The SMILES string of the molecule is O=C(O)C1CCN(C(Cc2ccccn2)c2ccccc2OCc2ccccc2)CC1. The van der Waals surface area contributed by atoms with Gasteiger partial charge in [-0.2, -0.15) is 0 Å². The molecule has 0 aliphatic carbocycles. The number of likely N-dealkylation sites (tertiary alicyclic amines) is 1. The second-order valence-electron chi connectivity index (χ2n) is 8.00. The third-order valence-electron chi connectivity index (χ3n) is 5.96. The van der Waals surface area contributed by atoms with Gasteiger partial charge in [0.05, 0.1) is 5.92 Å². The molecule has 2 heterocycles. The zero-order valence-corrected chi connectivity index (χ0v) is 17.6. The topological polar surface area (TPSA) is 62.7 Å². The average molecular weight is 417 g/mol. The molecule has 0 bridgehead atoms. The Morgan fingerprint density at radius 2 is 1.71 bits per heavy atom. The molecule has 1 aromatic heterocycles. The first-order valence-corrected chi connectivity index (χ1v) is 10.8. The maximum absolute atomic E-state index is 11.4. The minimum absolute atomic E-state index is 0.0802.